The zero-order valence-corrected chi connectivity index (χ0v) is 15.8. The second-order valence-corrected chi connectivity index (χ2v) is 7.72. The van der Waals surface area contributed by atoms with E-state index in [-0.39, 0.29) is 14.9 Å². The van der Waals surface area contributed by atoms with Gasteiger partial charge in [0.15, 0.2) is 0 Å². The molecule has 9 heteroatoms. The molecule has 0 saturated heterocycles. The highest BCUT2D eigenvalue weighted by molar-refractivity contribution is 7.92. The van der Waals surface area contributed by atoms with Gasteiger partial charge in [-0.15, -0.1) is 10.2 Å². The molecular weight excluding hydrogens is 397 g/mol. The largest absolute Gasteiger partial charge is 0.480 e. The van der Waals surface area contributed by atoms with Crippen molar-refractivity contribution in [1.82, 2.24) is 10.2 Å². The number of nitrogens with zero attached hydrogens (tertiary/aromatic N) is 2. The zero-order chi connectivity index (χ0) is 18.7. The number of anilines is 1. The van der Waals surface area contributed by atoms with Crippen molar-refractivity contribution >= 4 is 38.9 Å². The highest BCUT2D eigenvalue weighted by atomic mass is 35.5. The van der Waals surface area contributed by atoms with E-state index < -0.39 is 10.0 Å². The van der Waals surface area contributed by atoms with E-state index in [1.807, 2.05) is 0 Å². The molecule has 0 radical (unpaired) electrons. The maximum absolute atomic E-state index is 12.6. The van der Waals surface area contributed by atoms with Crippen LogP contribution in [0.2, 0.25) is 10.0 Å². The first-order valence-corrected chi connectivity index (χ1v) is 9.59. The third kappa shape index (κ3) is 4.07. The summed E-state index contributed by atoms with van der Waals surface area (Å²) in [7, 11) is -2.40. The standard InChI is InChI=1S/C17H13Cl2N3O3S/c1-25-17-8-7-15(20-21-17)11-3-2-4-13(9-11)22-26(23,24)16-10-12(18)5-6-14(16)19/h2-10,22H,1H3. The Morgan fingerprint density at radius 1 is 1.00 bits per heavy atom. The summed E-state index contributed by atoms with van der Waals surface area (Å²) in [5, 5.41) is 8.31. The van der Waals surface area contributed by atoms with Gasteiger partial charge in [-0.3, -0.25) is 4.72 Å². The van der Waals surface area contributed by atoms with Crippen molar-refractivity contribution in [3.05, 3.63) is 64.6 Å². The highest BCUT2D eigenvalue weighted by Crippen LogP contribution is 2.28. The fraction of sp³-hybridized carbons (Fsp3) is 0.0588. The molecule has 0 unspecified atom stereocenters. The summed E-state index contributed by atoms with van der Waals surface area (Å²) in [6.07, 6.45) is 0. The predicted molar refractivity (Wildman–Crippen MR) is 101 cm³/mol. The number of nitrogens with one attached hydrogen (secondary N) is 1. The molecule has 1 heterocycles. The van der Waals surface area contributed by atoms with Crippen LogP contribution in [0.25, 0.3) is 11.3 Å². The summed E-state index contributed by atoms with van der Waals surface area (Å²) >= 11 is 11.9. The Labute approximate surface area is 160 Å². The molecule has 134 valence electrons. The lowest BCUT2D eigenvalue weighted by atomic mass is 10.1. The minimum atomic E-state index is -3.90. The van der Waals surface area contributed by atoms with E-state index in [4.69, 9.17) is 27.9 Å². The number of sulfonamides is 1. The number of benzene rings is 2. The molecule has 1 N–H and O–H groups in total. The van der Waals surface area contributed by atoms with Crippen LogP contribution in [0.1, 0.15) is 0 Å². The zero-order valence-electron chi connectivity index (χ0n) is 13.5. The SMILES string of the molecule is COc1ccc(-c2cccc(NS(=O)(=O)c3cc(Cl)ccc3Cl)c2)nn1. The fourth-order valence-corrected chi connectivity index (χ4v) is 4.03. The molecule has 1 aromatic heterocycles. The first kappa shape index (κ1) is 18.4. The summed E-state index contributed by atoms with van der Waals surface area (Å²) < 4.78 is 32.7. The molecule has 0 saturated carbocycles. The van der Waals surface area contributed by atoms with Crippen LogP contribution in [-0.4, -0.2) is 25.7 Å². The van der Waals surface area contributed by atoms with Gasteiger partial charge in [-0.2, -0.15) is 0 Å². The van der Waals surface area contributed by atoms with Crippen molar-refractivity contribution in [2.45, 2.75) is 4.90 Å². The Kier molecular flexibility index (Phi) is 5.31. The summed E-state index contributed by atoms with van der Waals surface area (Å²) in [6.45, 7) is 0. The van der Waals surface area contributed by atoms with Crippen LogP contribution in [0.5, 0.6) is 5.88 Å². The molecule has 0 aliphatic heterocycles. The van der Waals surface area contributed by atoms with Crippen molar-refractivity contribution in [3.63, 3.8) is 0 Å². The van der Waals surface area contributed by atoms with Gasteiger partial charge >= 0.3 is 0 Å². The van der Waals surface area contributed by atoms with Gasteiger partial charge in [0.1, 0.15) is 4.90 Å². The molecule has 3 rings (SSSR count). The second-order valence-electron chi connectivity index (χ2n) is 5.22. The van der Waals surface area contributed by atoms with Gasteiger partial charge in [0.05, 0.1) is 17.8 Å². The van der Waals surface area contributed by atoms with E-state index in [0.717, 1.165) is 0 Å². The summed E-state index contributed by atoms with van der Waals surface area (Å²) in [5.41, 5.74) is 1.63. The van der Waals surface area contributed by atoms with E-state index in [9.17, 15) is 8.42 Å². The van der Waals surface area contributed by atoms with Gasteiger partial charge in [-0.25, -0.2) is 8.42 Å². The first-order valence-electron chi connectivity index (χ1n) is 7.35. The van der Waals surface area contributed by atoms with Crippen LogP contribution in [0.4, 0.5) is 5.69 Å². The number of halogens is 2. The lowest BCUT2D eigenvalue weighted by molar-refractivity contribution is 0.392. The monoisotopic (exact) mass is 409 g/mol. The van der Waals surface area contributed by atoms with Crippen LogP contribution in [0.3, 0.4) is 0 Å². The average Bonchev–Trinajstić information content (AvgIpc) is 2.63. The van der Waals surface area contributed by atoms with Crippen LogP contribution in [0.15, 0.2) is 59.5 Å². The maximum atomic E-state index is 12.6. The van der Waals surface area contributed by atoms with Gasteiger partial charge in [0.25, 0.3) is 10.0 Å². The number of hydrogen-bond acceptors (Lipinski definition) is 5. The van der Waals surface area contributed by atoms with Gasteiger partial charge in [0.2, 0.25) is 5.88 Å². The van der Waals surface area contributed by atoms with Crippen molar-refractivity contribution in [1.29, 1.82) is 0 Å². The Morgan fingerprint density at radius 3 is 2.50 bits per heavy atom. The van der Waals surface area contributed by atoms with Gasteiger partial charge in [-0.1, -0.05) is 35.3 Å². The lowest BCUT2D eigenvalue weighted by Gasteiger charge is -2.11. The molecule has 2 aromatic carbocycles. The van der Waals surface area contributed by atoms with E-state index in [1.54, 1.807) is 36.4 Å². The molecule has 0 bridgehead atoms. The third-order valence-electron chi connectivity index (χ3n) is 3.44. The Morgan fingerprint density at radius 2 is 1.81 bits per heavy atom. The van der Waals surface area contributed by atoms with E-state index in [2.05, 4.69) is 14.9 Å². The number of rotatable bonds is 5. The quantitative estimate of drug-likeness (QED) is 0.680. The minimum absolute atomic E-state index is 0.0825. The van der Waals surface area contributed by atoms with Gasteiger partial charge < -0.3 is 4.74 Å². The number of ether oxygens (including phenoxy) is 1. The average molecular weight is 410 g/mol. The van der Waals surface area contributed by atoms with Gasteiger partial charge in [-0.05, 0) is 36.4 Å². The van der Waals surface area contributed by atoms with Crippen LogP contribution in [0, 0.1) is 0 Å². The molecule has 0 amide bonds. The second kappa shape index (κ2) is 7.49. The molecule has 26 heavy (non-hydrogen) atoms. The summed E-state index contributed by atoms with van der Waals surface area (Å²) in [5.74, 6) is 0.390. The van der Waals surface area contributed by atoms with Crippen molar-refractivity contribution < 1.29 is 13.2 Å². The number of hydrogen-bond donors (Lipinski definition) is 1. The van der Waals surface area contributed by atoms with Crippen LogP contribution in [-0.2, 0) is 10.0 Å². The van der Waals surface area contributed by atoms with E-state index >= 15 is 0 Å². The molecule has 0 fully saturated rings. The van der Waals surface area contributed by atoms with Crippen molar-refractivity contribution in [2.75, 3.05) is 11.8 Å². The summed E-state index contributed by atoms with van der Waals surface area (Å²) in [4.78, 5) is -0.0960. The Bertz CT molecular complexity index is 1040. The molecule has 0 aliphatic rings. The number of aromatic nitrogens is 2. The predicted octanol–water partition coefficient (Wildman–Crippen LogP) is 4.26. The van der Waals surface area contributed by atoms with Crippen molar-refractivity contribution in [2.24, 2.45) is 0 Å². The van der Waals surface area contributed by atoms with Crippen LogP contribution < -0.4 is 9.46 Å². The molecule has 6 nitrogen and oxygen atoms in total. The maximum Gasteiger partial charge on any atom is 0.263 e. The highest BCUT2D eigenvalue weighted by Gasteiger charge is 2.19. The molecule has 0 atom stereocenters. The van der Waals surface area contributed by atoms with Crippen molar-refractivity contribution in [3.8, 4) is 17.1 Å². The van der Waals surface area contributed by atoms with Crippen LogP contribution >= 0.6 is 23.2 Å². The summed E-state index contributed by atoms with van der Waals surface area (Å²) in [6, 6.07) is 14.4. The fourth-order valence-electron chi connectivity index (χ4n) is 2.22. The lowest BCUT2D eigenvalue weighted by Crippen LogP contribution is -2.13. The van der Waals surface area contributed by atoms with E-state index in [1.165, 1.54) is 25.3 Å². The molecular formula is C17H13Cl2N3O3S. The number of methoxy groups -OCH3 is 1. The smallest absolute Gasteiger partial charge is 0.263 e. The Hall–Kier alpha value is -2.35. The molecule has 3 aromatic rings. The topological polar surface area (TPSA) is 81.2 Å². The minimum Gasteiger partial charge on any atom is -0.480 e. The normalized spacial score (nSPS) is 11.2. The molecule has 0 spiro atoms. The molecule has 0 aliphatic carbocycles. The third-order valence-corrected chi connectivity index (χ3v) is 5.54. The Balaban J connectivity index is 1.91. The first-order chi connectivity index (χ1) is 12.4. The van der Waals surface area contributed by atoms with E-state index in [0.29, 0.717) is 22.8 Å². The van der Waals surface area contributed by atoms with Gasteiger partial charge in [0, 0.05) is 22.3 Å².